The number of aryl methyl sites for hydroxylation is 1. The number of nitrogens with zero attached hydrogens (tertiary/aromatic N) is 3. The fourth-order valence-corrected chi connectivity index (χ4v) is 4.69. The number of pyridine rings is 1. The van der Waals surface area contributed by atoms with Crippen LogP contribution in [0.15, 0.2) is 85.2 Å². The maximum atomic E-state index is 14.0. The fourth-order valence-electron chi connectivity index (χ4n) is 4.69. The molecule has 2 aromatic heterocycles. The highest BCUT2D eigenvalue weighted by atomic mass is 16.2. The molecule has 41 heavy (non-hydrogen) atoms. The molecule has 0 saturated heterocycles. The van der Waals surface area contributed by atoms with E-state index in [9.17, 15) is 4.79 Å². The van der Waals surface area contributed by atoms with Crippen molar-refractivity contribution >= 4 is 39.8 Å². The van der Waals surface area contributed by atoms with Crippen molar-refractivity contribution in [2.24, 2.45) is 0 Å². The van der Waals surface area contributed by atoms with Gasteiger partial charge in [0.25, 0.3) is 0 Å². The molecule has 3 N–H and O–H groups in total. The Morgan fingerprint density at radius 3 is 2.51 bits per heavy atom. The number of aromatic amines is 1. The van der Waals surface area contributed by atoms with E-state index in [0.717, 1.165) is 44.5 Å². The largest absolute Gasteiger partial charge is 0.373 e. The lowest BCUT2D eigenvalue weighted by Crippen LogP contribution is -2.32. The molecule has 0 saturated carbocycles. The average molecular weight is 543 g/mol. The number of urea groups is 1. The first-order chi connectivity index (χ1) is 19.7. The van der Waals surface area contributed by atoms with Gasteiger partial charge in [0.2, 0.25) is 0 Å². The number of H-pyrrole nitrogens is 1. The third-order valence-corrected chi connectivity index (χ3v) is 7.01. The first kappa shape index (κ1) is 27.5. The van der Waals surface area contributed by atoms with Gasteiger partial charge in [-0.05, 0) is 64.7 Å². The molecule has 0 spiro atoms. The Labute approximate surface area is 241 Å². The van der Waals surface area contributed by atoms with E-state index in [2.05, 4.69) is 76.6 Å². The highest BCUT2D eigenvalue weighted by Gasteiger charge is 2.24. The Hall–Kier alpha value is -5.09. The van der Waals surface area contributed by atoms with Crippen LogP contribution in [-0.4, -0.2) is 28.3 Å². The molecule has 5 aromatic rings. The van der Waals surface area contributed by atoms with Gasteiger partial charge < -0.3 is 10.6 Å². The number of hydrogen-bond donors (Lipinski definition) is 3. The maximum absolute atomic E-state index is 14.0. The molecule has 0 radical (unpaired) electrons. The van der Waals surface area contributed by atoms with E-state index < -0.39 is 0 Å². The van der Waals surface area contributed by atoms with Crippen LogP contribution in [-0.2, 0) is 11.8 Å². The molecule has 0 aliphatic carbocycles. The molecular formula is C34H34N6O. The van der Waals surface area contributed by atoms with Crippen LogP contribution in [0.25, 0.3) is 10.8 Å². The monoisotopic (exact) mass is 542 g/mol. The predicted octanol–water partition coefficient (Wildman–Crippen LogP) is 7.57. The highest BCUT2D eigenvalue weighted by molar-refractivity contribution is 6.11. The smallest absolute Gasteiger partial charge is 0.332 e. The Balaban J connectivity index is 1.47. The third-order valence-electron chi connectivity index (χ3n) is 7.01. The topological polar surface area (TPSA) is 85.9 Å². The Morgan fingerprint density at radius 2 is 1.78 bits per heavy atom. The maximum Gasteiger partial charge on any atom is 0.332 e. The summed E-state index contributed by atoms with van der Waals surface area (Å²) in [7, 11) is 1.85. The van der Waals surface area contributed by atoms with Gasteiger partial charge in [-0.2, -0.15) is 5.10 Å². The molecule has 7 heteroatoms. The summed E-state index contributed by atoms with van der Waals surface area (Å²) in [6.45, 7) is 8.49. The van der Waals surface area contributed by atoms with Crippen molar-refractivity contribution in [1.82, 2.24) is 15.2 Å². The summed E-state index contributed by atoms with van der Waals surface area (Å²) >= 11 is 0. The number of carbonyl (C=O) groups excluding carboxylic acids is 1. The zero-order valence-corrected chi connectivity index (χ0v) is 24.0. The SMILES string of the molecule is CNc1cc(CC#Cc2ccc(NC(=O)N(c3ccn[nH]3)c3cc(C(C)(C)C)ccc3C)c3ccccc23)ccn1. The number of fused-ring (bicyclic) bond motifs is 1. The van der Waals surface area contributed by atoms with Gasteiger partial charge in [0.05, 0.1) is 17.6 Å². The van der Waals surface area contributed by atoms with Gasteiger partial charge in [-0.25, -0.2) is 14.7 Å². The summed E-state index contributed by atoms with van der Waals surface area (Å²) in [6.07, 6.45) is 4.03. The minimum absolute atomic E-state index is 0.0712. The summed E-state index contributed by atoms with van der Waals surface area (Å²) in [5.74, 6) is 8.02. The van der Waals surface area contributed by atoms with E-state index in [0.29, 0.717) is 17.9 Å². The van der Waals surface area contributed by atoms with Crippen LogP contribution in [0.4, 0.5) is 27.8 Å². The number of hydrogen-bond acceptors (Lipinski definition) is 4. The lowest BCUT2D eigenvalue weighted by atomic mass is 9.86. The molecular weight excluding hydrogens is 508 g/mol. The number of anilines is 4. The molecule has 0 fully saturated rings. The zero-order valence-electron chi connectivity index (χ0n) is 24.0. The Kier molecular flexibility index (Phi) is 7.75. The molecule has 7 nitrogen and oxygen atoms in total. The van der Waals surface area contributed by atoms with Gasteiger partial charge in [-0.15, -0.1) is 0 Å². The summed E-state index contributed by atoms with van der Waals surface area (Å²) in [5, 5.41) is 15.2. The number of benzene rings is 3. The van der Waals surface area contributed by atoms with E-state index in [1.165, 1.54) is 0 Å². The second kappa shape index (κ2) is 11.6. The van der Waals surface area contributed by atoms with Gasteiger partial charge in [0.1, 0.15) is 11.6 Å². The van der Waals surface area contributed by atoms with Crippen molar-refractivity contribution in [3.63, 3.8) is 0 Å². The van der Waals surface area contributed by atoms with E-state index >= 15 is 0 Å². The van der Waals surface area contributed by atoms with Crippen LogP contribution in [0.3, 0.4) is 0 Å². The minimum atomic E-state index is -0.287. The van der Waals surface area contributed by atoms with Crippen molar-refractivity contribution in [2.45, 2.75) is 39.5 Å². The van der Waals surface area contributed by atoms with Crippen molar-refractivity contribution in [1.29, 1.82) is 0 Å². The second-order valence-corrected chi connectivity index (χ2v) is 10.9. The van der Waals surface area contributed by atoms with Crippen molar-refractivity contribution < 1.29 is 4.79 Å². The first-order valence-corrected chi connectivity index (χ1v) is 13.6. The van der Waals surface area contributed by atoms with Crippen LogP contribution in [0, 0.1) is 18.8 Å². The highest BCUT2D eigenvalue weighted by Crippen LogP contribution is 2.34. The lowest BCUT2D eigenvalue weighted by Gasteiger charge is -2.27. The van der Waals surface area contributed by atoms with Crippen LogP contribution >= 0.6 is 0 Å². The van der Waals surface area contributed by atoms with Crippen molar-refractivity contribution in [3.05, 3.63) is 107 Å². The summed E-state index contributed by atoms with van der Waals surface area (Å²) in [5.41, 5.74) is 5.54. The number of carbonyl (C=O) groups is 1. The molecule has 5 rings (SSSR count). The second-order valence-electron chi connectivity index (χ2n) is 10.9. The third kappa shape index (κ3) is 6.07. The molecule has 0 atom stereocenters. The minimum Gasteiger partial charge on any atom is -0.373 e. The summed E-state index contributed by atoms with van der Waals surface area (Å²) < 4.78 is 0. The van der Waals surface area contributed by atoms with Crippen LogP contribution < -0.4 is 15.5 Å². The van der Waals surface area contributed by atoms with Crippen LogP contribution in [0.5, 0.6) is 0 Å². The molecule has 0 aliphatic heterocycles. The summed E-state index contributed by atoms with van der Waals surface area (Å²) in [6, 6.07) is 23.6. The Bertz CT molecular complexity index is 1760. The van der Waals surface area contributed by atoms with Crippen molar-refractivity contribution in [3.8, 4) is 11.8 Å². The number of rotatable bonds is 5. The number of aromatic nitrogens is 3. The zero-order chi connectivity index (χ0) is 29.0. The lowest BCUT2D eigenvalue weighted by molar-refractivity contribution is 0.259. The van der Waals surface area contributed by atoms with E-state index in [-0.39, 0.29) is 11.4 Å². The number of amides is 2. The predicted molar refractivity (Wildman–Crippen MR) is 168 cm³/mol. The normalized spacial score (nSPS) is 11.0. The summed E-state index contributed by atoms with van der Waals surface area (Å²) in [4.78, 5) is 19.9. The van der Waals surface area contributed by atoms with E-state index in [1.54, 1.807) is 23.4 Å². The molecule has 0 bridgehead atoms. The van der Waals surface area contributed by atoms with Gasteiger partial charge in [0, 0.05) is 36.7 Å². The molecule has 2 heterocycles. The first-order valence-electron chi connectivity index (χ1n) is 13.6. The fraction of sp³-hybridized carbons (Fsp3) is 0.206. The van der Waals surface area contributed by atoms with Gasteiger partial charge in [-0.1, -0.05) is 69.0 Å². The van der Waals surface area contributed by atoms with Crippen LogP contribution in [0.2, 0.25) is 0 Å². The average Bonchev–Trinajstić information content (AvgIpc) is 3.49. The quantitative estimate of drug-likeness (QED) is 0.200. The molecule has 206 valence electrons. The van der Waals surface area contributed by atoms with Crippen molar-refractivity contribution in [2.75, 3.05) is 22.6 Å². The Morgan fingerprint density at radius 1 is 0.976 bits per heavy atom. The van der Waals surface area contributed by atoms with E-state index in [1.807, 2.05) is 62.5 Å². The van der Waals surface area contributed by atoms with E-state index in [4.69, 9.17) is 0 Å². The standard InChI is InChI=1S/C34H34N6O/c1-23-13-15-26(34(2,3)4)22-30(23)40(32-18-20-37-39-32)33(41)38-29-16-14-25(27-11-6-7-12-28(27)29)10-8-9-24-17-19-36-31(21-24)35-5/h6-7,11-22H,9H2,1-5H3,(H,35,36)(H,37,39)(H,38,41). The van der Waals surface area contributed by atoms with Crippen LogP contribution in [0.1, 0.15) is 43.0 Å². The molecule has 0 unspecified atom stereocenters. The van der Waals surface area contributed by atoms with Gasteiger partial charge >= 0.3 is 6.03 Å². The molecule has 2 amide bonds. The molecule has 3 aromatic carbocycles. The number of nitrogens with one attached hydrogen (secondary N) is 3. The molecule has 0 aliphatic rings. The van der Waals surface area contributed by atoms with Gasteiger partial charge in [0.15, 0.2) is 0 Å². The van der Waals surface area contributed by atoms with Gasteiger partial charge in [-0.3, -0.25) is 5.10 Å².